The molecule has 1 aliphatic rings. The number of benzene rings is 1. The summed E-state index contributed by atoms with van der Waals surface area (Å²) in [4.78, 5) is 0. The molecule has 0 heterocycles. The largest absolute Gasteiger partial charge is 0.372 e. The van der Waals surface area contributed by atoms with Crippen molar-refractivity contribution in [1.82, 2.24) is 0 Å². The first kappa shape index (κ1) is 11.0. The molecule has 1 aliphatic carbocycles. The first-order valence-electron chi connectivity index (χ1n) is 4.51. The Morgan fingerprint density at radius 2 is 1.73 bits per heavy atom. The summed E-state index contributed by atoms with van der Waals surface area (Å²) >= 11 is 1.66. The van der Waals surface area contributed by atoms with E-state index in [1.54, 1.807) is 22.6 Å². The Bertz CT molecular complexity index is 387. The molecule has 80 valence electrons. The van der Waals surface area contributed by atoms with Gasteiger partial charge < -0.3 is 4.74 Å². The van der Waals surface area contributed by atoms with Crippen molar-refractivity contribution >= 4 is 22.6 Å². The van der Waals surface area contributed by atoms with E-state index in [-0.39, 0.29) is 15.8 Å². The second-order valence-electron chi connectivity index (χ2n) is 3.35. The molecule has 0 atom stereocenters. The van der Waals surface area contributed by atoms with E-state index in [4.69, 9.17) is 4.74 Å². The van der Waals surface area contributed by atoms with Gasteiger partial charge in [-0.25, -0.2) is 0 Å². The third-order valence-electron chi connectivity index (χ3n) is 2.22. The number of hydrogen-bond donors (Lipinski definition) is 0. The van der Waals surface area contributed by atoms with E-state index < -0.39 is 5.92 Å². The van der Waals surface area contributed by atoms with E-state index in [2.05, 4.69) is 0 Å². The highest BCUT2D eigenvalue weighted by molar-refractivity contribution is 14.1. The van der Waals surface area contributed by atoms with Crippen LogP contribution in [0.25, 0.3) is 0 Å². The number of rotatable bonds is 4. The summed E-state index contributed by atoms with van der Waals surface area (Å²) in [5.74, 6) is -2.68. The van der Waals surface area contributed by atoms with Crippen LogP contribution in [0, 0.1) is 0 Å². The predicted molar refractivity (Wildman–Crippen MR) is 62.1 cm³/mol. The minimum absolute atomic E-state index is 0.0279. The SMILES string of the molecule is FC1(F)C(I)=C1COCc1ccccc1. The summed E-state index contributed by atoms with van der Waals surface area (Å²) in [6.45, 7) is 0.407. The van der Waals surface area contributed by atoms with Crippen molar-refractivity contribution < 1.29 is 13.5 Å². The molecule has 0 unspecified atom stereocenters. The number of ether oxygens (including phenoxy) is 1. The maximum absolute atomic E-state index is 12.8. The molecule has 1 aromatic carbocycles. The van der Waals surface area contributed by atoms with Crippen molar-refractivity contribution in [3.05, 3.63) is 45.0 Å². The highest BCUT2D eigenvalue weighted by Gasteiger charge is 2.54. The van der Waals surface area contributed by atoms with E-state index in [0.29, 0.717) is 6.61 Å². The number of alkyl halides is 2. The molecule has 1 aromatic rings. The maximum Gasteiger partial charge on any atom is 0.303 e. The Morgan fingerprint density at radius 3 is 2.27 bits per heavy atom. The molecule has 0 aliphatic heterocycles. The summed E-state index contributed by atoms with van der Waals surface area (Å²) in [5.41, 5.74) is 1.12. The van der Waals surface area contributed by atoms with Crippen molar-refractivity contribution in [2.45, 2.75) is 12.5 Å². The molecule has 0 bridgehead atoms. The fourth-order valence-corrected chi connectivity index (χ4v) is 1.94. The Morgan fingerprint density at radius 1 is 1.13 bits per heavy atom. The predicted octanol–water partition coefficient (Wildman–Crippen LogP) is 3.54. The third-order valence-corrected chi connectivity index (χ3v) is 3.54. The molecule has 0 saturated heterocycles. The highest BCUT2D eigenvalue weighted by Crippen LogP contribution is 2.52. The molecule has 0 spiro atoms. The molecular weight excluding hydrogens is 313 g/mol. The van der Waals surface area contributed by atoms with Crippen LogP contribution in [0.15, 0.2) is 39.5 Å². The average Bonchev–Trinajstić information content (AvgIpc) is 2.70. The highest BCUT2D eigenvalue weighted by atomic mass is 127. The third kappa shape index (κ3) is 2.36. The number of halogens is 3. The van der Waals surface area contributed by atoms with Gasteiger partial charge in [0.25, 0.3) is 0 Å². The van der Waals surface area contributed by atoms with Gasteiger partial charge in [0.2, 0.25) is 0 Å². The van der Waals surface area contributed by atoms with Gasteiger partial charge in [-0.2, -0.15) is 8.78 Å². The molecule has 15 heavy (non-hydrogen) atoms. The summed E-state index contributed by atoms with van der Waals surface area (Å²) in [7, 11) is 0. The fraction of sp³-hybridized carbons (Fsp3) is 0.273. The van der Waals surface area contributed by atoms with Crippen molar-refractivity contribution in [3.8, 4) is 0 Å². The average molecular weight is 322 g/mol. The normalized spacial score (nSPS) is 18.1. The zero-order valence-electron chi connectivity index (χ0n) is 7.84. The van der Waals surface area contributed by atoms with Crippen molar-refractivity contribution in [2.24, 2.45) is 0 Å². The first-order valence-corrected chi connectivity index (χ1v) is 5.59. The van der Waals surface area contributed by atoms with E-state index >= 15 is 0 Å². The van der Waals surface area contributed by atoms with Gasteiger partial charge in [-0.15, -0.1) is 0 Å². The van der Waals surface area contributed by atoms with Crippen molar-refractivity contribution in [2.75, 3.05) is 6.61 Å². The molecule has 4 heteroatoms. The van der Waals surface area contributed by atoms with E-state index in [1.807, 2.05) is 30.3 Å². The van der Waals surface area contributed by atoms with Crippen LogP contribution in [0.1, 0.15) is 5.56 Å². The van der Waals surface area contributed by atoms with Gasteiger partial charge in [0.05, 0.1) is 16.8 Å². The van der Waals surface area contributed by atoms with Gasteiger partial charge in [0.15, 0.2) is 0 Å². The Labute approximate surface area is 100 Å². The van der Waals surface area contributed by atoms with E-state index in [9.17, 15) is 8.78 Å². The standard InChI is InChI=1S/C11H9F2IO/c12-11(13)9(10(11)14)7-15-6-8-4-2-1-3-5-8/h1-5H,6-7H2. The van der Waals surface area contributed by atoms with E-state index in [1.165, 1.54) is 0 Å². The molecule has 0 fully saturated rings. The van der Waals surface area contributed by atoms with Crippen LogP contribution in [0.4, 0.5) is 8.78 Å². The fourth-order valence-electron chi connectivity index (χ4n) is 1.25. The Hall–Kier alpha value is -0.490. The number of hydrogen-bond acceptors (Lipinski definition) is 1. The van der Waals surface area contributed by atoms with Gasteiger partial charge >= 0.3 is 5.92 Å². The lowest BCUT2D eigenvalue weighted by Gasteiger charge is -2.02. The molecule has 1 nitrogen and oxygen atoms in total. The van der Waals surface area contributed by atoms with Crippen LogP contribution >= 0.6 is 22.6 Å². The molecule has 0 N–H and O–H groups in total. The van der Waals surface area contributed by atoms with Crippen LogP contribution in [-0.4, -0.2) is 12.5 Å². The van der Waals surface area contributed by atoms with Crippen molar-refractivity contribution in [1.29, 1.82) is 0 Å². The van der Waals surface area contributed by atoms with Gasteiger partial charge in [-0.05, 0) is 28.2 Å². The smallest absolute Gasteiger partial charge is 0.303 e. The van der Waals surface area contributed by atoms with Crippen LogP contribution < -0.4 is 0 Å². The second kappa shape index (κ2) is 4.17. The summed E-state index contributed by atoms with van der Waals surface area (Å²) in [6.07, 6.45) is 0. The van der Waals surface area contributed by atoms with Gasteiger partial charge in [-0.1, -0.05) is 30.3 Å². The molecule has 0 amide bonds. The zero-order chi connectivity index (χ0) is 10.9. The maximum atomic E-state index is 12.8. The lowest BCUT2D eigenvalue weighted by atomic mass is 10.2. The minimum atomic E-state index is -2.68. The quantitative estimate of drug-likeness (QED) is 0.771. The first-order chi connectivity index (χ1) is 7.12. The summed E-state index contributed by atoms with van der Waals surface area (Å²) in [6, 6.07) is 9.51. The molecular formula is C11H9F2IO. The molecule has 2 rings (SSSR count). The van der Waals surface area contributed by atoms with Crippen LogP contribution in [0.3, 0.4) is 0 Å². The monoisotopic (exact) mass is 322 g/mol. The topological polar surface area (TPSA) is 9.23 Å². The van der Waals surface area contributed by atoms with Crippen LogP contribution in [0.2, 0.25) is 0 Å². The Balaban J connectivity index is 1.78. The zero-order valence-corrected chi connectivity index (χ0v) is 10.0. The summed E-state index contributed by atoms with van der Waals surface area (Å²) in [5, 5.41) is 0. The van der Waals surface area contributed by atoms with Crippen molar-refractivity contribution in [3.63, 3.8) is 0 Å². The van der Waals surface area contributed by atoms with E-state index in [0.717, 1.165) is 5.56 Å². The number of allylic oxidation sites excluding steroid dienone is 1. The lowest BCUT2D eigenvalue weighted by Crippen LogP contribution is -2.02. The molecule has 0 radical (unpaired) electrons. The summed E-state index contributed by atoms with van der Waals surface area (Å²) < 4.78 is 30.8. The van der Waals surface area contributed by atoms with Gasteiger partial charge in [-0.3, -0.25) is 0 Å². The van der Waals surface area contributed by atoms with Gasteiger partial charge in [0, 0.05) is 5.57 Å². The molecule has 0 saturated carbocycles. The molecule has 0 aromatic heterocycles. The van der Waals surface area contributed by atoms with Gasteiger partial charge in [0.1, 0.15) is 0 Å². The minimum Gasteiger partial charge on any atom is -0.372 e. The van der Waals surface area contributed by atoms with Crippen LogP contribution in [0.5, 0.6) is 0 Å². The lowest BCUT2D eigenvalue weighted by molar-refractivity contribution is 0.0985. The van der Waals surface area contributed by atoms with Crippen LogP contribution in [-0.2, 0) is 11.3 Å². The second-order valence-corrected chi connectivity index (χ2v) is 4.42. The Kier molecular flexibility index (Phi) is 3.06.